The number of guanidine groups is 1. The van der Waals surface area contributed by atoms with Crippen LogP contribution in [0, 0.1) is 24.1 Å². The summed E-state index contributed by atoms with van der Waals surface area (Å²) in [4.78, 5) is 16.5. The molecule has 0 spiro atoms. The molecule has 0 aliphatic carbocycles. The monoisotopic (exact) mass is 431 g/mol. The van der Waals surface area contributed by atoms with E-state index in [1.54, 1.807) is 48.2 Å². The van der Waals surface area contributed by atoms with Crippen molar-refractivity contribution in [2.45, 2.75) is 26.8 Å². The molecule has 8 heteroatoms. The number of nitrogens with zero attached hydrogens (tertiary/aromatic N) is 2. The second-order valence-corrected chi connectivity index (χ2v) is 8.26. The molecule has 1 atom stereocenters. The second-order valence-electron chi connectivity index (χ2n) is 7.83. The first-order chi connectivity index (χ1) is 14.2. The van der Waals surface area contributed by atoms with Gasteiger partial charge in [0.25, 0.3) is 0 Å². The fourth-order valence-electron chi connectivity index (χ4n) is 3.51. The molecule has 0 saturated carbocycles. The maximum atomic E-state index is 13.5. The van der Waals surface area contributed by atoms with E-state index in [2.05, 4.69) is 24.5 Å². The van der Waals surface area contributed by atoms with E-state index in [1.165, 1.54) is 6.07 Å². The molecule has 2 aromatic carbocycles. The predicted molar refractivity (Wildman–Crippen MR) is 120 cm³/mol. The van der Waals surface area contributed by atoms with Gasteiger partial charge in [-0.2, -0.15) is 0 Å². The Morgan fingerprint density at radius 1 is 1.13 bits per heavy atom. The third-order valence-electron chi connectivity index (χ3n) is 5.28. The van der Waals surface area contributed by atoms with Crippen molar-refractivity contribution in [2.75, 3.05) is 30.3 Å². The van der Waals surface area contributed by atoms with Crippen LogP contribution in [0.15, 0.2) is 42.5 Å². The van der Waals surface area contributed by atoms with Gasteiger partial charge in [-0.1, -0.05) is 25.4 Å². The van der Waals surface area contributed by atoms with Gasteiger partial charge in [-0.15, -0.1) is 0 Å². The van der Waals surface area contributed by atoms with Crippen LogP contribution < -0.4 is 10.6 Å². The van der Waals surface area contributed by atoms with Gasteiger partial charge in [0.15, 0.2) is 5.96 Å². The molecule has 160 valence electrons. The number of aryl methyl sites for hydroxylation is 1. The van der Waals surface area contributed by atoms with Crippen molar-refractivity contribution in [2.24, 2.45) is 5.92 Å². The van der Waals surface area contributed by atoms with Gasteiger partial charge in [-0.3, -0.25) is 5.41 Å². The normalized spacial score (nSPS) is 16.5. The molecule has 1 unspecified atom stereocenters. The van der Waals surface area contributed by atoms with E-state index < -0.39 is 0 Å². The lowest BCUT2D eigenvalue weighted by molar-refractivity contribution is 0.119. The quantitative estimate of drug-likeness (QED) is 0.472. The van der Waals surface area contributed by atoms with E-state index >= 15 is 0 Å². The lowest BCUT2D eigenvalue weighted by atomic mass is 10.00. The third-order valence-corrected chi connectivity index (χ3v) is 5.53. The Morgan fingerprint density at radius 2 is 1.80 bits per heavy atom. The number of benzene rings is 2. The van der Waals surface area contributed by atoms with Crippen LogP contribution in [0.4, 0.5) is 20.6 Å². The topological polar surface area (TPSA) is 71.5 Å². The Morgan fingerprint density at radius 3 is 2.43 bits per heavy atom. The van der Waals surface area contributed by atoms with Crippen LogP contribution >= 0.6 is 11.6 Å². The number of carbonyl (C=O) groups is 1. The minimum atomic E-state index is -0.271. The van der Waals surface area contributed by atoms with E-state index in [9.17, 15) is 9.18 Å². The first kappa shape index (κ1) is 21.9. The second kappa shape index (κ2) is 9.34. The predicted octanol–water partition coefficient (Wildman–Crippen LogP) is 5.01. The van der Waals surface area contributed by atoms with Gasteiger partial charge in [0, 0.05) is 36.0 Å². The smallest absolute Gasteiger partial charge is 0.321 e. The molecule has 30 heavy (non-hydrogen) atoms. The fraction of sp³-hybridized carbons (Fsp3) is 0.364. The van der Waals surface area contributed by atoms with Gasteiger partial charge < -0.3 is 20.4 Å². The summed E-state index contributed by atoms with van der Waals surface area (Å²) in [7, 11) is 0. The fourth-order valence-corrected chi connectivity index (χ4v) is 3.64. The first-order valence-corrected chi connectivity index (χ1v) is 10.3. The van der Waals surface area contributed by atoms with E-state index in [4.69, 9.17) is 17.0 Å². The zero-order chi connectivity index (χ0) is 21.8. The SMILES string of the molecule is Cc1cc(NC(=N)N2CCN(C(=O)Nc3ccc(Cl)cc3)CC2C(C)C)ccc1F. The van der Waals surface area contributed by atoms with Crippen LogP contribution in [0.1, 0.15) is 19.4 Å². The van der Waals surface area contributed by atoms with Gasteiger partial charge in [-0.25, -0.2) is 9.18 Å². The summed E-state index contributed by atoms with van der Waals surface area (Å²) in [5.74, 6) is 0.207. The Bertz CT molecular complexity index is 918. The highest BCUT2D eigenvalue weighted by atomic mass is 35.5. The number of amides is 2. The number of rotatable bonds is 3. The van der Waals surface area contributed by atoms with E-state index in [1.807, 2.05) is 4.90 Å². The van der Waals surface area contributed by atoms with Gasteiger partial charge in [0.1, 0.15) is 5.82 Å². The van der Waals surface area contributed by atoms with Crippen LogP contribution in [0.2, 0.25) is 5.02 Å². The molecule has 1 aliphatic heterocycles. The number of urea groups is 1. The summed E-state index contributed by atoms with van der Waals surface area (Å²) in [5, 5.41) is 15.1. The maximum absolute atomic E-state index is 13.5. The maximum Gasteiger partial charge on any atom is 0.321 e. The molecule has 0 aromatic heterocycles. The molecule has 3 rings (SSSR count). The molecule has 6 nitrogen and oxygen atoms in total. The van der Waals surface area contributed by atoms with Crippen molar-refractivity contribution in [1.29, 1.82) is 5.41 Å². The molecule has 0 bridgehead atoms. The summed E-state index contributed by atoms with van der Waals surface area (Å²) in [5.41, 5.74) is 1.88. The summed E-state index contributed by atoms with van der Waals surface area (Å²) in [6, 6.07) is 11.5. The zero-order valence-corrected chi connectivity index (χ0v) is 18.1. The Hall–Kier alpha value is -2.80. The van der Waals surface area contributed by atoms with Crippen LogP contribution in [0.3, 0.4) is 0 Å². The molecule has 1 fully saturated rings. The van der Waals surface area contributed by atoms with Gasteiger partial charge in [-0.05, 0) is 60.9 Å². The highest BCUT2D eigenvalue weighted by Crippen LogP contribution is 2.21. The molecule has 3 N–H and O–H groups in total. The van der Waals surface area contributed by atoms with Gasteiger partial charge >= 0.3 is 6.03 Å². The number of nitrogens with one attached hydrogen (secondary N) is 3. The largest absolute Gasteiger partial charge is 0.336 e. The van der Waals surface area contributed by atoms with Crippen molar-refractivity contribution < 1.29 is 9.18 Å². The molecule has 2 aromatic rings. The van der Waals surface area contributed by atoms with Crippen molar-refractivity contribution in [3.05, 3.63) is 58.9 Å². The highest BCUT2D eigenvalue weighted by Gasteiger charge is 2.33. The molecule has 2 amide bonds. The number of carbonyl (C=O) groups excluding carboxylic acids is 1. The molecule has 1 saturated heterocycles. The number of anilines is 2. The number of hydrogen-bond donors (Lipinski definition) is 3. The van der Waals surface area contributed by atoms with Crippen LogP contribution in [0.5, 0.6) is 0 Å². The average Bonchev–Trinajstić information content (AvgIpc) is 2.72. The van der Waals surface area contributed by atoms with E-state index in [0.717, 1.165) is 0 Å². The van der Waals surface area contributed by atoms with Crippen molar-refractivity contribution in [3.63, 3.8) is 0 Å². The van der Waals surface area contributed by atoms with Crippen molar-refractivity contribution in [3.8, 4) is 0 Å². The molecular formula is C22H27ClFN5O. The molecule has 0 radical (unpaired) electrons. The first-order valence-electron chi connectivity index (χ1n) is 9.94. The number of hydrogen-bond acceptors (Lipinski definition) is 2. The van der Waals surface area contributed by atoms with E-state index in [-0.39, 0.29) is 29.8 Å². The minimum Gasteiger partial charge on any atom is -0.336 e. The minimum absolute atomic E-state index is 0.0173. The zero-order valence-electron chi connectivity index (χ0n) is 17.4. The standard InChI is InChI=1S/C22H27ClFN5O/c1-14(2)20-13-28(22(30)27-17-6-4-16(23)5-7-17)10-11-29(20)21(25)26-18-8-9-19(24)15(3)12-18/h4-9,12,14,20H,10-11,13H2,1-3H3,(H2,25,26)(H,27,30). The van der Waals surface area contributed by atoms with Gasteiger partial charge in [0.2, 0.25) is 0 Å². The lowest BCUT2D eigenvalue weighted by Gasteiger charge is -2.44. The summed E-state index contributed by atoms with van der Waals surface area (Å²) in [6.07, 6.45) is 0. The summed E-state index contributed by atoms with van der Waals surface area (Å²) in [6.45, 7) is 7.38. The average molecular weight is 432 g/mol. The van der Waals surface area contributed by atoms with Crippen LogP contribution in [-0.2, 0) is 0 Å². The molecule has 1 aliphatic rings. The van der Waals surface area contributed by atoms with E-state index in [0.29, 0.717) is 41.6 Å². The molecular weight excluding hydrogens is 405 g/mol. The van der Waals surface area contributed by atoms with Crippen LogP contribution in [-0.4, -0.2) is 47.5 Å². The Labute approximate surface area is 181 Å². The Kier molecular flexibility index (Phi) is 6.82. The van der Waals surface area contributed by atoms with Crippen molar-refractivity contribution >= 4 is 35.0 Å². The molecule has 1 heterocycles. The highest BCUT2D eigenvalue weighted by molar-refractivity contribution is 6.30. The summed E-state index contributed by atoms with van der Waals surface area (Å²) < 4.78 is 13.5. The Balaban J connectivity index is 1.65. The number of halogens is 2. The lowest BCUT2D eigenvalue weighted by Crippen LogP contribution is -2.60. The third kappa shape index (κ3) is 5.21. The number of piperazine rings is 1. The summed E-state index contributed by atoms with van der Waals surface area (Å²) >= 11 is 5.90. The van der Waals surface area contributed by atoms with Crippen molar-refractivity contribution in [1.82, 2.24) is 9.80 Å². The van der Waals surface area contributed by atoms with Crippen LogP contribution in [0.25, 0.3) is 0 Å². The van der Waals surface area contributed by atoms with Gasteiger partial charge in [0.05, 0.1) is 6.04 Å².